The molecule has 0 aliphatic carbocycles. The molecule has 1 aromatic carbocycles. The number of thiazole rings is 1. The average Bonchev–Trinajstić information content (AvgIpc) is 3.34. The number of benzene rings is 1. The predicted molar refractivity (Wildman–Crippen MR) is 151 cm³/mol. The molecule has 0 bridgehead atoms. The molecule has 4 heterocycles. The Balaban J connectivity index is 1.20. The minimum absolute atomic E-state index is 0.137. The number of carbonyl (C=O) groups is 2. The van der Waals surface area contributed by atoms with Gasteiger partial charge >= 0.3 is 0 Å². The van der Waals surface area contributed by atoms with Gasteiger partial charge in [-0.1, -0.05) is 17.4 Å². The van der Waals surface area contributed by atoms with E-state index in [1.807, 2.05) is 41.3 Å². The second-order valence-corrected chi connectivity index (χ2v) is 10.1. The van der Waals surface area contributed by atoms with E-state index in [9.17, 15) is 9.59 Å². The Labute approximate surface area is 230 Å². The van der Waals surface area contributed by atoms with E-state index in [0.717, 1.165) is 71.0 Å². The quantitative estimate of drug-likeness (QED) is 0.271. The highest BCUT2D eigenvalue weighted by atomic mass is 32.1. The van der Waals surface area contributed by atoms with Crippen LogP contribution in [-0.4, -0.2) is 69.9 Å². The molecule has 0 saturated carbocycles. The van der Waals surface area contributed by atoms with Crippen molar-refractivity contribution in [2.75, 3.05) is 43.9 Å². The van der Waals surface area contributed by atoms with E-state index >= 15 is 0 Å². The van der Waals surface area contributed by atoms with Crippen molar-refractivity contribution >= 4 is 50.1 Å². The molecule has 3 N–H and O–H groups in total. The van der Waals surface area contributed by atoms with Crippen molar-refractivity contribution in [2.24, 2.45) is 0 Å². The van der Waals surface area contributed by atoms with E-state index in [0.29, 0.717) is 12.1 Å². The lowest BCUT2D eigenvalue weighted by Gasteiger charge is -2.34. The van der Waals surface area contributed by atoms with Gasteiger partial charge in [0.2, 0.25) is 5.91 Å². The first kappa shape index (κ1) is 26.5. The van der Waals surface area contributed by atoms with E-state index in [1.54, 1.807) is 25.3 Å². The van der Waals surface area contributed by atoms with Gasteiger partial charge in [0.25, 0.3) is 5.91 Å². The molecule has 5 rings (SSSR count). The van der Waals surface area contributed by atoms with E-state index in [2.05, 4.69) is 31.0 Å². The molecule has 1 aliphatic heterocycles. The van der Waals surface area contributed by atoms with E-state index in [1.165, 1.54) is 18.4 Å². The highest BCUT2D eigenvalue weighted by Crippen LogP contribution is 2.27. The van der Waals surface area contributed by atoms with Crippen molar-refractivity contribution in [3.8, 4) is 0 Å². The number of hydrogen-bond donors (Lipinski definition) is 3. The number of aromatic nitrogens is 3. The number of carbonyl (C=O) groups excluding carboxylic acids is 2. The molecule has 2 amide bonds. The topological polar surface area (TPSA) is 125 Å². The van der Waals surface area contributed by atoms with Crippen LogP contribution in [0.1, 0.15) is 28.5 Å². The smallest absolute Gasteiger partial charge is 0.274 e. The fourth-order valence-corrected chi connectivity index (χ4v) is 5.22. The van der Waals surface area contributed by atoms with E-state index < -0.39 is 0 Å². The van der Waals surface area contributed by atoms with Gasteiger partial charge in [-0.2, -0.15) is 0 Å². The van der Waals surface area contributed by atoms with Gasteiger partial charge in [-0.05, 0) is 48.0 Å². The summed E-state index contributed by atoms with van der Waals surface area (Å²) in [6.45, 7) is 6.18. The summed E-state index contributed by atoms with van der Waals surface area (Å²) in [5.74, 6) is 0.559. The third kappa shape index (κ3) is 6.85. The molecule has 0 unspecified atom stereocenters. The zero-order valence-corrected chi connectivity index (χ0v) is 22.6. The van der Waals surface area contributed by atoms with Gasteiger partial charge in [-0.25, -0.2) is 20.4 Å². The molecular formula is C27H30N8O3S. The summed E-state index contributed by atoms with van der Waals surface area (Å²) in [5.41, 5.74) is 6.44. The fraction of sp³-hybridized carbons (Fsp3) is 0.296. The van der Waals surface area contributed by atoms with E-state index in [-0.39, 0.29) is 11.8 Å². The molecular weight excluding hydrogens is 516 g/mol. The molecule has 1 aliphatic rings. The number of fused-ring (bicyclic) bond motifs is 1. The van der Waals surface area contributed by atoms with Crippen LogP contribution < -0.4 is 16.1 Å². The highest BCUT2D eigenvalue weighted by molar-refractivity contribution is 7.21. The van der Waals surface area contributed by atoms with Crippen LogP contribution in [0.4, 0.5) is 16.6 Å². The SMILES string of the molecule is CONC(=O)c1cccc(NCc2ccc3nc(Nc4cc(CN5CCN(C(C)=O)CC5)ccn4)sc3n2)c1. The molecule has 1 fully saturated rings. The van der Waals surface area contributed by atoms with Crippen LogP contribution >= 0.6 is 11.3 Å². The number of pyridine rings is 2. The minimum atomic E-state index is -0.307. The molecule has 202 valence electrons. The number of amides is 2. The van der Waals surface area contributed by atoms with Crippen LogP contribution in [0.15, 0.2) is 54.7 Å². The lowest BCUT2D eigenvalue weighted by Crippen LogP contribution is -2.47. The Hall–Kier alpha value is -4.13. The van der Waals surface area contributed by atoms with E-state index in [4.69, 9.17) is 9.82 Å². The summed E-state index contributed by atoms with van der Waals surface area (Å²) < 4.78 is 0. The maximum Gasteiger partial charge on any atom is 0.274 e. The number of rotatable bonds is 9. The van der Waals surface area contributed by atoms with Gasteiger partial charge in [0.15, 0.2) is 5.13 Å². The molecule has 39 heavy (non-hydrogen) atoms. The molecule has 3 aromatic heterocycles. The Kier molecular flexibility index (Phi) is 8.25. The molecule has 0 atom stereocenters. The van der Waals surface area contributed by atoms with Crippen LogP contribution in [0.25, 0.3) is 10.3 Å². The number of piperazine rings is 1. The third-order valence-electron chi connectivity index (χ3n) is 6.39. The van der Waals surface area contributed by atoms with Crippen molar-refractivity contribution in [3.05, 3.63) is 71.5 Å². The Morgan fingerprint density at radius 2 is 1.90 bits per heavy atom. The van der Waals surface area contributed by atoms with Gasteiger partial charge in [0, 0.05) is 57.1 Å². The molecule has 11 nitrogen and oxygen atoms in total. The van der Waals surface area contributed by atoms with Gasteiger partial charge < -0.3 is 15.5 Å². The standard InChI is InChI=1S/C27H30N8O3S/c1-18(36)35-12-10-34(11-13-35)17-19-8-9-28-24(14-19)32-27-31-23-7-6-22(30-26(23)39-27)16-29-21-5-3-4-20(15-21)25(37)33-38-2/h3-9,14-15,29H,10-13,16-17H2,1-2H3,(H,33,37)(H,28,31,32). The van der Waals surface area contributed by atoms with Gasteiger partial charge in [0.1, 0.15) is 16.2 Å². The first-order valence-electron chi connectivity index (χ1n) is 12.6. The van der Waals surface area contributed by atoms with Gasteiger partial charge in [0.05, 0.1) is 19.3 Å². The van der Waals surface area contributed by atoms with Crippen LogP contribution in [0, 0.1) is 0 Å². The second kappa shape index (κ2) is 12.2. The van der Waals surface area contributed by atoms with Gasteiger partial charge in [-0.15, -0.1) is 0 Å². The minimum Gasteiger partial charge on any atom is -0.379 e. The van der Waals surface area contributed by atoms with Crippen LogP contribution in [-0.2, 0) is 22.7 Å². The Morgan fingerprint density at radius 3 is 2.69 bits per heavy atom. The summed E-state index contributed by atoms with van der Waals surface area (Å²) in [7, 11) is 1.40. The van der Waals surface area contributed by atoms with Crippen LogP contribution in [0.3, 0.4) is 0 Å². The first-order chi connectivity index (χ1) is 19.0. The lowest BCUT2D eigenvalue weighted by atomic mass is 10.2. The highest BCUT2D eigenvalue weighted by Gasteiger charge is 2.18. The van der Waals surface area contributed by atoms with Crippen LogP contribution in [0.2, 0.25) is 0 Å². The van der Waals surface area contributed by atoms with Crippen molar-refractivity contribution < 1.29 is 14.4 Å². The van der Waals surface area contributed by atoms with Gasteiger partial charge in [-0.3, -0.25) is 19.3 Å². The summed E-state index contributed by atoms with van der Waals surface area (Å²) in [6.07, 6.45) is 1.80. The zero-order valence-electron chi connectivity index (χ0n) is 21.8. The largest absolute Gasteiger partial charge is 0.379 e. The number of hydrogen-bond acceptors (Lipinski definition) is 10. The van der Waals surface area contributed by atoms with Crippen molar-refractivity contribution in [2.45, 2.75) is 20.0 Å². The maximum atomic E-state index is 12.0. The number of nitrogens with zero attached hydrogens (tertiary/aromatic N) is 5. The Morgan fingerprint density at radius 1 is 1.05 bits per heavy atom. The third-order valence-corrected chi connectivity index (χ3v) is 7.27. The summed E-state index contributed by atoms with van der Waals surface area (Å²) in [6, 6.07) is 15.1. The Bertz CT molecular complexity index is 1470. The fourth-order valence-electron chi connectivity index (χ4n) is 4.35. The number of hydroxylamine groups is 1. The van der Waals surface area contributed by atoms with Crippen molar-refractivity contribution in [1.82, 2.24) is 30.2 Å². The summed E-state index contributed by atoms with van der Waals surface area (Å²) >= 11 is 1.47. The lowest BCUT2D eigenvalue weighted by molar-refractivity contribution is -0.130. The molecule has 1 saturated heterocycles. The number of nitrogens with one attached hydrogen (secondary N) is 3. The monoisotopic (exact) mass is 546 g/mol. The first-order valence-corrected chi connectivity index (χ1v) is 13.4. The summed E-state index contributed by atoms with van der Waals surface area (Å²) in [5, 5.41) is 7.35. The normalized spacial score (nSPS) is 13.8. The summed E-state index contributed by atoms with van der Waals surface area (Å²) in [4.78, 5) is 47.2. The molecule has 4 aromatic rings. The molecule has 0 spiro atoms. The molecule has 0 radical (unpaired) electrons. The van der Waals surface area contributed by atoms with Crippen molar-refractivity contribution in [1.29, 1.82) is 0 Å². The number of anilines is 3. The second-order valence-electron chi connectivity index (χ2n) is 9.17. The molecule has 12 heteroatoms. The van der Waals surface area contributed by atoms with Crippen molar-refractivity contribution in [3.63, 3.8) is 0 Å². The maximum absolute atomic E-state index is 12.0. The van der Waals surface area contributed by atoms with Crippen LogP contribution in [0.5, 0.6) is 0 Å². The zero-order chi connectivity index (χ0) is 27.2. The predicted octanol–water partition coefficient (Wildman–Crippen LogP) is 3.40. The average molecular weight is 547 g/mol.